The number of aromatic nitrogens is 1. The number of nitrogens with one attached hydrogen (secondary N) is 2. The molecule has 2 aromatic heterocycles. The number of carbonyl (C=O) groups excluding carboxylic acids is 2. The predicted octanol–water partition coefficient (Wildman–Crippen LogP) is 1.28. The van der Waals surface area contributed by atoms with E-state index in [-0.39, 0.29) is 30.5 Å². The van der Waals surface area contributed by atoms with E-state index in [1.165, 1.54) is 17.6 Å². The zero-order valence-electron chi connectivity index (χ0n) is 10.4. The summed E-state index contributed by atoms with van der Waals surface area (Å²) in [5.41, 5.74) is 0.569. The Morgan fingerprint density at radius 2 is 2.35 bits per heavy atom. The van der Waals surface area contributed by atoms with Gasteiger partial charge in [0.25, 0.3) is 5.91 Å². The van der Waals surface area contributed by atoms with E-state index < -0.39 is 0 Å². The molecule has 2 amide bonds. The Kier molecular flexibility index (Phi) is 4.52. The minimum Gasteiger partial charge on any atom is -0.459 e. The molecule has 2 aromatic rings. The highest BCUT2D eigenvalue weighted by Gasteiger charge is 2.12. The van der Waals surface area contributed by atoms with Crippen LogP contribution < -0.4 is 10.6 Å². The number of thiazole rings is 1. The van der Waals surface area contributed by atoms with E-state index in [9.17, 15) is 9.59 Å². The van der Waals surface area contributed by atoms with Gasteiger partial charge in [0.15, 0.2) is 10.9 Å². The van der Waals surface area contributed by atoms with Gasteiger partial charge in [-0.3, -0.25) is 14.9 Å². The molecular weight excluding hydrogens is 278 g/mol. The van der Waals surface area contributed by atoms with Gasteiger partial charge in [-0.05, 0) is 12.1 Å². The van der Waals surface area contributed by atoms with Crippen LogP contribution in [0.15, 0.2) is 28.2 Å². The van der Waals surface area contributed by atoms with Gasteiger partial charge in [0.05, 0.1) is 24.9 Å². The number of nitrogens with zero attached hydrogens (tertiary/aromatic N) is 1. The topological polar surface area (TPSA) is 84.2 Å². The second-order valence-electron chi connectivity index (χ2n) is 3.73. The highest BCUT2D eigenvalue weighted by atomic mass is 32.1. The van der Waals surface area contributed by atoms with E-state index in [2.05, 4.69) is 21.5 Å². The van der Waals surface area contributed by atoms with Crippen molar-refractivity contribution in [1.29, 1.82) is 0 Å². The molecule has 0 aromatic carbocycles. The summed E-state index contributed by atoms with van der Waals surface area (Å²) in [6.07, 6.45) is 6.58. The molecule has 2 rings (SSSR count). The first-order valence-corrected chi connectivity index (χ1v) is 6.56. The summed E-state index contributed by atoms with van der Waals surface area (Å²) in [5.74, 6) is 1.92. The fourth-order valence-corrected chi connectivity index (χ4v) is 2.09. The highest BCUT2D eigenvalue weighted by Crippen LogP contribution is 2.17. The molecule has 0 radical (unpaired) electrons. The summed E-state index contributed by atoms with van der Waals surface area (Å²) in [4.78, 5) is 27.3. The molecule has 0 spiro atoms. The first-order chi connectivity index (χ1) is 9.69. The first-order valence-electron chi connectivity index (χ1n) is 5.68. The fourth-order valence-electron chi connectivity index (χ4n) is 1.39. The molecule has 2 heterocycles. The Bertz CT molecular complexity index is 640. The average molecular weight is 289 g/mol. The lowest BCUT2D eigenvalue weighted by Gasteiger charge is -1.99. The van der Waals surface area contributed by atoms with Gasteiger partial charge in [0.1, 0.15) is 0 Å². The number of amides is 2. The zero-order chi connectivity index (χ0) is 14.4. The van der Waals surface area contributed by atoms with Crippen molar-refractivity contribution in [1.82, 2.24) is 10.3 Å². The van der Waals surface area contributed by atoms with Gasteiger partial charge in [-0.2, -0.15) is 0 Å². The first kappa shape index (κ1) is 13.8. The molecule has 0 unspecified atom stereocenters. The van der Waals surface area contributed by atoms with Crippen molar-refractivity contribution in [3.63, 3.8) is 0 Å². The summed E-state index contributed by atoms with van der Waals surface area (Å²) >= 11 is 1.24. The summed E-state index contributed by atoms with van der Waals surface area (Å²) in [6.45, 7) is 0.186. The molecule has 20 heavy (non-hydrogen) atoms. The molecule has 0 atom stereocenters. The van der Waals surface area contributed by atoms with Crippen molar-refractivity contribution in [2.24, 2.45) is 0 Å². The summed E-state index contributed by atoms with van der Waals surface area (Å²) in [7, 11) is 0. The summed E-state index contributed by atoms with van der Waals surface area (Å²) < 4.78 is 4.97. The SMILES string of the molecule is C#CCNC(=O)Cc1csc(NC(=O)c2ccco2)n1. The van der Waals surface area contributed by atoms with Gasteiger partial charge >= 0.3 is 0 Å². The van der Waals surface area contributed by atoms with Gasteiger partial charge in [0.2, 0.25) is 5.91 Å². The lowest BCUT2D eigenvalue weighted by molar-refractivity contribution is -0.120. The maximum atomic E-state index is 11.7. The standard InChI is InChI=1S/C13H11N3O3S/c1-2-5-14-11(17)7-9-8-20-13(15-9)16-12(18)10-4-3-6-19-10/h1,3-4,6,8H,5,7H2,(H,14,17)(H,15,16,18). The van der Waals surface area contributed by atoms with Crippen LogP contribution in [0.1, 0.15) is 16.2 Å². The van der Waals surface area contributed by atoms with Crippen LogP contribution in [0.3, 0.4) is 0 Å². The lowest BCUT2D eigenvalue weighted by atomic mass is 10.3. The lowest BCUT2D eigenvalue weighted by Crippen LogP contribution is -2.25. The van der Waals surface area contributed by atoms with Crippen LogP contribution in [0.2, 0.25) is 0 Å². The average Bonchev–Trinajstić information content (AvgIpc) is 3.08. The summed E-state index contributed by atoms with van der Waals surface area (Å²) in [6, 6.07) is 3.18. The van der Waals surface area contributed by atoms with Gasteiger partial charge in [-0.1, -0.05) is 5.92 Å². The molecule has 0 saturated heterocycles. The van der Waals surface area contributed by atoms with E-state index in [0.717, 1.165) is 0 Å². The monoisotopic (exact) mass is 289 g/mol. The Morgan fingerprint density at radius 3 is 3.05 bits per heavy atom. The van der Waals surface area contributed by atoms with Gasteiger partial charge in [-0.25, -0.2) is 4.98 Å². The van der Waals surface area contributed by atoms with Crippen molar-refractivity contribution in [2.75, 3.05) is 11.9 Å². The number of rotatable bonds is 5. The highest BCUT2D eigenvalue weighted by molar-refractivity contribution is 7.14. The van der Waals surface area contributed by atoms with E-state index in [0.29, 0.717) is 10.8 Å². The van der Waals surface area contributed by atoms with Crippen LogP contribution in [0.25, 0.3) is 0 Å². The number of furan rings is 1. The minimum atomic E-state index is -0.382. The number of carbonyl (C=O) groups is 2. The molecule has 7 heteroatoms. The Labute approximate surface area is 119 Å². The smallest absolute Gasteiger partial charge is 0.293 e. The second kappa shape index (κ2) is 6.54. The molecule has 2 N–H and O–H groups in total. The molecule has 0 aliphatic heterocycles. The van der Waals surface area contributed by atoms with Gasteiger partial charge < -0.3 is 9.73 Å². The maximum Gasteiger partial charge on any atom is 0.293 e. The molecule has 0 aliphatic carbocycles. The van der Waals surface area contributed by atoms with E-state index >= 15 is 0 Å². The largest absolute Gasteiger partial charge is 0.459 e. The molecule has 0 saturated carbocycles. The van der Waals surface area contributed by atoms with Crippen molar-refractivity contribution >= 4 is 28.3 Å². The normalized spacial score (nSPS) is 9.75. The Balaban J connectivity index is 1.91. The third-order valence-corrected chi connectivity index (χ3v) is 3.05. The van der Waals surface area contributed by atoms with Crippen LogP contribution in [0.5, 0.6) is 0 Å². The van der Waals surface area contributed by atoms with Crippen LogP contribution in [-0.4, -0.2) is 23.3 Å². The number of terminal acetylenes is 1. The van der Waals surface area contributed by atoms with Gasteiger partial charge in [-0.15, -0.1) is 17.8 Å². The van der Waals surface area contributed by atoms with Crippen molar-refractivity contribution in [2.45, 2.75) is 6.42 Å². The second-order valence-corrected chi connectivity index (χ2v) is 4.59. The van der Waals surface area contributed by atoms with E-state index in [1.54, 1.807) is 17.5 Å². The Hall–Kier alpha value is -2.59. The third-order valence-electron chi connectivity index (χ3n) is 2.25. The zero-order valence-corrected chi connectivity index (χ0v) is 11.2. The fraction of sp³-hybridized carbons (Fsp3) is 0.154. The molecule has 0 fully saturated rings. The quantitative estimate of drug-likeness (QED) is 0.812. The van der Waals surface area contributed by atoms with Crippen LogP contribution in [-0.2, 0) is 11.2 Å². The van der Waals surface area contributed by atoms with Crippen molar-refractivity contribution in [3.8, 4) is 12.3 Å². The molecule has 0 aliphatic rings. The number of hydrogen-bond donors (Lipinski definition) is 2. The third kappa shape index (κ3) is 3.70. The molecule has 0 bridgehead atoms. The van der Waals surface area contributed by atoms with Gasteiger partial charge in [0, 0.05) is 5.38 Å². The predicted molar refractivity (Wildman–Crippen MR) is 74.3 cm³/mol. The molecular formula is C13H11N3O3S. The number of hydrogen-bond acceptors (Lipinski definition) is 5. The van der Waals surface area contributed by atoms with E-state index in [4.69, 9.17) is 10.8 Å². The number of anilines is 1. The summed E-state index contributed by atoms with van der Waals surface area (Å²) in [5, 5.41) is 7.24. The van der Waals surface area contributed by atoms with Crippen molar-refractivity contribution in [3.05, 3.63) is 35.2 Å². The van der Waals surface area contributed by atoms with E-state index in [1.807, 2.05) is 0 Å². The maximum absolute atomic E-state index is 11.7. The minimum absolute atomic E-state index is 0.120. The van der Waals surface area contributed by atoms with Crippen LogP contribution >= 0.6 is 11.3 Å². The van der Waals surface area contributed by atoms with Crippen LogP contribution in [0.4, 0.5) is 5.13 Å². The van der Waals surface area contributed by atoms with Crippen molar-refractivity contribution < 1.29 is 14.0 Å². The van der Waals surface area contributed by atoms with Crippen LogP contribution in [0, 0.1) is 12.3 Å². The molecule has 6 nitrogen and oxygen atoms in total. The Morgan fingerprint density at radius 1 is 1.50 bits per heavy atom. The molecule has 102 valence electrons.